The fourth-order valence-corrected chi connectivity index (χ4v) is 11.4. The van der Waals surface area contributed by atoms with Gasteiger partial charge in [0.15, 0.2) is 0 Å². The van der Waals surface area contributed by atoms with E-state index in [0.29, 0.717) is 0 Å². The lowest BCUT2D eigenvalue weighted by Crippen LogP contribution is -2.14. The zero-order chi connectivity index (χ0) is 37.1. The largest absolute Gasteiger partial charge is 0.134 e. The topological polar surface area (TPSA) is 0 Å². The molecule has 262 valence electrons. The number of hydrogen-bond donors (Lipinski definition) is 0. The van der Waals surface area contributed by atoms with E-state index in [9.17, 15) is 0 Å². The molecule has 1 heterocycles. The molecule has 1 aromatic heterocycles. The molecule has 1 aliphatic rings. The third-order valence-corrected chi connectivity index (χ3v) is 13.9. The Bertz CT molecular complexity index is 3370. The van der Waals surface area contributed by atoms with E-state index in [0.717, 1.165) is 0 Å². The maximum Gasteiger partial charge on any atom is 0.0437 e. The van der Waals surface area contributed by atoms with Crippen LogP contribution in [0.1, 0.15) is 25.0 Å². The van der Waals surface area contributed by atoms with Gasteiger partial charge in [0.25, 0.3) is 0 Å². The molecule has 56 heavy (non-hydrogen) atoms. The zero-order valence-corrected chi connectivity index (χ0v) is 32.0. The average Bonchev–Trinajstić information content (AvgIpc) is 3.75. The maximum atomic E-state index is 2.46. The lowest BCUT2D eigenvalue weighted by atomic mass is 9.81. The number of hydrogen-bond acceptors (Lipinski definition) is 1. The second-order valence-electron chi connectivity index (χ2n) is 16.0. The summed E-state index contributed by atoms with van der Waals surface area (Å²) in [6.45, 7) is 4.80. The maximum absolute atomic E-state index is 2.46. The minimum atomic E-state index is -0.100. The molecule has 0 bridgehead atoms. The van der Waals surface area contributed by atoms with E-state index in [1.807, 2.05) is 11.3 Å². The number of fused-ring (bicyclic) bond motifs is 12. The molecule has 1 aliphatic carbocycles. The highest BCUT2D eigenvalue weighted by molar-refractivity contribution is 7.27. The van der Waals surface area contributed by atoms with Crippen molar-refractivity contribution in [3.8, 4) is 44.5 Å². The molecular weight excluding hydrogens is 693 g/mol. The molecule has 0 saturated heterocycles. The summed E-state index contributed by atoms with van der Waals surface area (Å²) in [6, 6.07) is 68.0. The molecule has 0 N–H and O–H groups in total. The molecule has 0 unspecified atom stereocenters. The minimum absolute atomic E-state index is 0.100. The van der Waals surface area contributed by atoms with E-state index in [-0.39, 0.29) is 5.41 Å². The van der Waals surface area contributed by atoms with Gasteiger partial charge in [0.05, 0.1) is 0 Å². The fraction of sp³-hybridized carbons (Fsp3) is 0.0545. The molecule has 0 spiro atoms. The molecule has 0 aliphatic heterocycles. The highest BCUT2D eigenvalue weighted by Crippen LogP contribution is 2.55. The van der Waals surface area contributed by atoms with Crippen LogP contribution in [0.15, 0.2) is 182 Å². The Hall–Kier alpha value is -6.54. The SMILES string of the molecule is CC1(C)c2cc(-c3ccc(-c4c5ccccc5c(-c5cccc6ccccc56)c5ccccc45)cc3)ccc2-c2c1ccc1c2sc2c3ccccc3ccc12. The summed E-state index contributed by atoms with van der Waals surface area (Å²) >= 11 is 1.96. The predicted molar refractivity (Wildman–Crippen MR) is 243 cm³/mol. The first-order valence-electron chi connectivity index (χ1n) is 19.6. The first kappa shape index (κ1) is 31.8. The lowest BCUT2D eigenvalue weighted by molar-refractivity contribution is 0.661. The summed E-state index contributed by atoms with van der Waals surface area (Å²) < 4.78 is 2.79. The van der Waals surface area contributed by atoms with Crippen LogP contribution < -0.4 is 0 Å². The van der Waals surface area contributed by atoms with Crippen LogP contribution in [-0.4, -0.2) is 0 Å². The molecule has 0 nitrogen and oxygen atoms in total. The first-order chi connectivity index (χ1) is 27.5. The van der Waals surface area contributed by atoms with Crippen LogP contribution in [0.5, 0.6) is 0 Å². The molecule has 0 fully saturated rings. The van der Waals surface area contributed by atoms with Gasteiger partial charge in [-0.1, -0.05) is 190 Å². The van der Waals surface area contributed by atoms with Crippen LogP contribution in [0, 0.1) is 0 Å². The van der Waals surface area contributed by atoms with Gasteiger partial charge in [-0.05, 0) is 99.2 Å². The molecule has 10 aromatic carbocycles. The van der Waals surface area contributed by atoms with Crippen LogP contribution in [0.4, 0.5) is 0 Å². The summed E-state index contributed by atoms with van der Waals surface area (Å²) in [6.07, 6.45) is 0. The average molecular weight is 729 g/mol. The Balaban J connectivity index is 0.989. The zero-order valence-electron chi connectivity index (χ0n) is 31.2. The smallest absolute Gasteiger partial charge is 0.0437 e. The van der Waals surface area contributed by atoms with Crippen molar-refractivity contribution in [2.45, 2.75) is 19.3 Å². The summed E-state index contributed by atoms with van der Waals surface area (Å²) in [7, 11) is 0. The summed E-state index contributed by atoms with van der Waals surface area (Å²) in [4.78, 5) is 0. The quantitative estimate of drug-likeness (QED) is 0.159. The van der Waals surface area contributed by atoms with Gasteiger partial charge in [-0.25, -0.2) is 0 Å². The summed E-state index contributed by atoms with van der Waals surface area (Å²) in [5.41, 5.74) is 13.1. The first-order valence-corrected chi connectivity index (χ1v) is 20.4. The van der Waals surface area contributed by atoms with Crippen molar-refractivity contribution in [1.29, 1.82) is 0 Å². The fourth-order valence-electron chi connectivity index (χ4n) is 9.96. The van der Waals surface area contributed by atoms with Gasteiger partial charge in [0.2, 0.25) is 0 Å². The molecule has 12 rings (SSSR count). The Morgan fingerprint density at radius 1 is 0.321 bits per heavy atom. The van der Waals surface area contributed by atoms with Crippen LogP contribution >= 0.6 is 11.3 Å². The van der Waals surface area contributed by atoms with Crippen molar-refractivity contribution in [3.63, 3.8) is 0 Å². The second kappa shape index (κ2) is 11.7. The highest BCUT2D eigenvalue weighted by atomic mass is 32.1. The van der Waals surface area contributed by atoms with Crippen LogP contribution in [0.2, 0.25) is 0 Å². The molecule has 1 heteroatoms. The van der Waals surface area contributed by atoms with Gasteiger partial charge in [-0.3, -0.25) is 0 Å². The van der Waals surface area contributed by atoms with Gasteiger partial charge in [-0.2, -0.15) is 0 Å². The van der Waals surface area contributed by atoms with Crippen LogP contribution in [0.25, 0.3) is 108 Å². The van der Waals surface area contributed by atoms with E-state index in [4.69, 9.17) is 0 Å². The molecule has 0 radical (unpaired) electrons. The van der Waals surface area contributed by atoms with E-state index >= 15 is 0 Å². The van der Waals surface area contributed by atoms with Crippen molar-refractivity contribution in [2.24, 2.45) is 0 Å². The number of rotatable bonds is 3. The third kappa shape index (κ3) is 4.41. The molecular formula is C55H36S. The van der Waals surface area contributed by atoms with E-state index < -0.39 is 0 Å². The van der Waals surface area contributed by atoms with E-state index in [2.05, 4.69) is 196 Å². The van der Waals surface area contributed by atoms with E-state index in [1.165, 1.54) is 119 Å². The summed E-state index contributed by atoms with van der Waals surface area (Å²) in [5, 5.41) is 13.0. The third-order valence-electron chi connectivity index (χ3n) is 12.7. The Labute approximate surface area is 329 Å². The van der Waals surface area contributed by atoms with Gasteiger partial charge in [0, 0.05) is 31.2 Å². The molecule has 11 aromatic rings. The molecule has 0 amide bonds. The van der Waals surface area contributed by atoms with Crippen molar-refractivity contribution >= 4 is 74.6 Å². The van der Waals surface area contributed by atoms with Crippen LogP contribution in [-0.2, 0) is 5.41 Å². The van der Waals surface area contributed by atoms with Gasteiger partial charge >= 0.3 is 0 Å². The monoisotopic (exact) mass is 728 g/mol. The number of thiophene rings is 1. The van der Waals surface area contributed by atoms with Gasteiger partial charge < -0.3 is 0 Å². The van der Waals surface area contributed by atoms with Crippen molar-refractivity contribution in [3.05, 3.63) is 193 Å². The second-order valence-corrected chi connectivity index (χ2v) is 17.0. The number of benzene rings is 10. The Morgan fingerprint density at radius 2 is 0.857 bits per heavy atom. The minimum Gasteiger partial charge on any atom is -0.134 e. The summed E-state index contributed by atoms with van der Waals surface area (Å²) in [5.74, 6) is 0. The normalized spacial score (nSPS) is 13.3. The molecule has 0 atom stereocenters. The van der Waals surface area contributed by atoms with Gasteiger partial charge in [-0.15, -0.1) is 11.3 Å². The standard InChI is InChI=1S/C55H36S/c1-55(2)48-31-30-46-45-28-26-35-13-4-6-16-39(35)53(45)56-54(46)52(48)47-29-27-37(32-49(47)55)33-22-24-36(25-23-33)50-41-17-7-9-19-43(41)51(44-20-10-8-18-42(44)50)40-21-11-14-34-12-3-5-15-38(34)40/h3-32H,1-2H3. The van der Waals surface area contributed by atoms with Crippen LogP contribution in [0.3, 0.4) is 0 Å². The van der Waals surface area contributed by atoms with Gasteiger partial charge in [0.1, 0.15) is 0 Å². The lowest BCUT2D eigenvalue weighted by Gasteiger charge is -2.22. The van der Waals surface area contributed by atoms with Crippen molar-refractivity contribution in [2.75, 3.05) is 0 Å². The van der Waals surface area contributed by atoms with E-state index in [1.54, 1.807) is 0 Å². The molecule has 0 saturated carbocycles. The predicted octanol–water partition coefficient (Wildman–Crippen LogP) is 16.0. The van der Waals surface area contributed by atoms with Crippen molar-refractivity contribution in [1.82, 2.24) is 0 Å². The van der Waals surface area contributed by atoms with Crippen molar-refractivity contribution < 1.29 is 0 Å². The highest BCUT2D eigenvalue weighted by Gasteiger charge is 2.37. The Morgan fingerprint density at radius 3 is 1.57 bits per heavy atom. The Kier molecular flexibility index (Phi) is 6.66.